The number of nitrogens with zero attached hydrogens (tertiary/aromatic N) is 1. The van der Waals surface area contributed by atoms with Crippen LogP contribution in [0, 0.1) is 0 Å². The molecule has 0 radical (unpaired) electrons. The zero-order chi connectivity index (χ0) is 11.1. The van der Waals surface area contributed by atoms with Crippen molar-refractivity contribution in [2.45, 2.75) is 0 Å². The van der Waals surface area contributed by atoms with E-state index in [4.69, 9.17) is 5.73 Å². The van der Waals surface area contributed by atoms with Crippen molar-refractivity contribution < 1.29 is 0 Å². The Kier molecular flexibility index (Phi) is 2.46. The molecule has 0 saturated carbocycles. The maximum atomic E-state index is 5.75. The third kappa shape index (κ3) is 1.55. The van der Waals surface area contributed by atoms with Crippen molar-refractivity contribution in [2.24, 2.45) is 0 Å². The predicted molar refractivity (Wildman–Crippen MR) is 75.0 cm³/mol. The lowest BCUT2D eigenvalue weighted by atomic mass is 10.2. The van der Waals surface area contributed by atoms with E-state index in [1.807, 2.05) is 6.07 Å². The third-order valence-electron chi connectivity index (χ3n) is 2.32. The summed E-state index contributed by atoms with van der Waals surface area (Å²) in [7, 11) is 0. The zero-order valence-corrected chi connectivity index (χ0v) is 11.3. The van der Waals surface area contributed by atoms with Crippen LogP contribution >= 0.6 is 38.6 Å². The molecule has 0 unspecified atom stereocenters. The summed E-state index contributed by atoms with van der Waals surface area (Å²) in [5.41, 5.74) is 6.92. The lowest BCUT2D eigenvalue weighted by molar-refractivity contribution is 1.42. The summed E-state index contributed by atoms with van der Waals surface area (Å²) in [5, 5.41) is 4.35. The van der Waals surface area contributed by atoms with Gasteiger partial charge in [0.2, 0.25) is 0 Å². The van der Waals surface area contributed by atoms with Crippen LogP contribution in [0.5, 0.6) is 0 Å². The molecule has 2 heterocycles. The molecular weight excluding hydrogens is 304 g/mol. The zero-order valence-electron chi connectivity index (χ0n) is 8.11. The number of halogens is 1. The van der Waals surface area contributed by atoms with Gasteiger partial charge in [-0.2, -0.15) is 0 Å². The van der Waals surface area contributed by atoms with Gasteiger partial charge >= 0.3 is 0 Å². The van der Waals surface area contributed by atoms with Crippen LogP contribution in [0.15, 0.2) is 33.4 Å². The van der Waals surface area contributed by atoms with Crippen LogP contribution < -0.4 is 5.73 Å². The Bertz CT molecular complexity index is 637. The number of anilines is 1. The van der Waals surface area contributed by atoms with Crippen molar-refractivity contribution in [2.75, 3.05) is 5.73 Å². The molecule has 0 amide bonds. The fourth-order valence-corrected chi connectivity index (χ4v) is 3.88. The fraction of sp³-hybridized carbons (Fsp3) is 0. The Labute approximate surface area is 109 Å². The molecule has 0 saturated heterocycles. The summed E-state index contributed by atoms with van der Waals surface area (Å²) >= 11 is 6.71. The van der Waals surface area contributed by atoms with Gasteiger partial charge in [-0.1, -0.05) is 18.2 Å². The Morgan fingerprint density at radius 1 is 1.25 bits per heavy atom. The molecule has 16 heavy (non-hydrogen) atoms. The molecule has 80 valence electrons. The molecule has 2 nitrogen and oxygen atoms in total. The van der Waals surface area contributed by atoms with Gasteiger partial charge in [-0.25, -0.2) is 4.98 Å². The van der Waals surface area contributed by atoms with E-state index in [1.54, 1.807) is 22.7 Å². The first-order chi connectivity index (χ1) is 7.75. The van der Waals surface area contributed by atoms with Crippen molar-refractivity contribution in [1.82, 2.24) is 4.98 Å². The summed E-state index contributed by atoms with van der Waals surface area (Å²) in [6.45, 7) is 0. The van der Waals surface area contributed by atoms with E-state index in [9.17, 15) is 0 Å². The molecule has 0 spiro atoms. The number of fused-ring (bicyclic) bond motifs is 1. The van der Waals surface area contributed by atoms with Crippen LogP contribution in [0.1, 0.15) is 0 Å². The number of nitrogen functional groups attached to an aromatic ring is 1. The van der Waals surface area contributed by atoms with Crippen molar-refractivity contribution in [3.8, 4) is 10.6 Å². The Balaban J connectivity index is 2.26. The number of thiophene rings is 1. The SMILES string of the molecule is Nc1nc(-c2csc3ccccc23)sc1Br. The van der Waals surface area contributed by atoms with E-state index in [0.29, 0.717) is 5.82 Å². The molecule has 0 bridgehead atoms. The van der Waals surface area contributed by atoms with Crippen LogP contribution in [-0.2, 0) is 0 Å². The summed E-state index contributed by atoms with van der Waals surface area (Å²) in [5.74, 6) is 0.565. The molecule has 2 N–H and O–H groups in total. The maximum Gasteiger partial charge on any atom is 0.149 e. The van der Waals surface area contributed by atoms with Crippen molar-refractivity contribution >= 4 is 54.5 Å². The highest BCUT2D eigenvalue weighted by molar-refractivity contribution is 9.11. The van der Waals surface area contributed by atoms with Gasteiger partial charge in [0.25, 0.3) is 0 Å². The number of benzene rings is 1. The Morgan fingerprint density at radius 3 is 2.81 bits per heavy atom. The average Bonchev–Trinajstić information content (AvgIpc) is 2.83. The fourth-order valence-electron chi connectivity index (χ4n) is 1.57. The molecule has 0 aliphatic rings. The lowest BCUT2D eigenvalue weighted by Crippen LogP contribution is -1.84. The van der Waals surface area contributed by atoms with Crippen molar-refractivity contribution in [3.63, 3.8) is 0 Å². The van der Waals surface area contributed by atoms with E-state index in [2.05, 4.69) is 44.5 Å². The Hall–Kier alpha value is -0.910. The van der Waals surface area contributed by atoms with Gasteiger partial charge in [0.15, 0.2) is 0 Å². The van der Waals surface area contributed by atoms with Gasteiger partial charge in [-0.05, 0) is 22.0 Å². The predicted octanol–water partition coefficient (Wildman–Crippen LogP) is 4.37. The van der Waals surface area contributed by atoms with Gasteiger partial charge in [0.05, 0.1) is 0 Å². The number of hydrogen-bond donors (Lipinski definition) is 1. The van der Waals surface area contributed by atoms with E-state index in [-0.39, 0.29) is 0 Å². The number of thiazole rings is 1. The standard InChI is InChI=1S/C11H7BrN2S2/c12-9-10(13)14-11(16-9)7-5-15-8-4-2-1-3-6(7)8/h1-5H,13H2. The monoisotopic (exact) mass is 310 g/mol. The number of rotatable bonds is 1. The Morgan fingerprint density at radius 2 is 2.06 bits per heavy atom. The van der Waals surface area contributed by atoms with Gasteiger partial charge < -0.3 is 5.73 Å². The summed E-state index contributed by atoms with van der Waals surface area (Å²) in [6.07, 6.45) is 0. The number of nitrogens with two attached hydrogens (primary N) is 1. The second-order valence-electron chi connectivity index (χ2n) is 3.32. The highest BCUT2D eigenvalue weighted by atomic mass is 79.9. The summed E-state index contributed by atoms with van der Waals surface area (Å²) < 4.78 is 2.18. The molecule has 5 heteroatoms. The highest BCUT2D eigenvalue weighted by Gasteiger charge is 2.11. The van der Waals surface area contributed by atoms with Gasteiger partial charge in [0.1, 0.15) is 14.6 Å². The normalized spacial score (nSPS) is 11.1. The molecule has 1 aromatic carbocycles. The van der Waals surface area contributed by atoms with Gasteiger partial charge in [-0.3, -0.25) is 0 Å². The molecular formula is C11H7BrN2S2. The summed E-state index contributed by atoms with van der Waals surface area (Å²) in [6, 6.07) is 8.33. The smallest absolute Gasteiger partial charge is 0.149 e. The third-order valence-corrected chi connectivity index (χ3v) is 5.07. The van der Waals surface area contributed by atoms with E-state index >= 15 is 0 Å². The van der Waals surface area contributed by atoms with Crippen LogP contribution in [0.2, 0.25) is 0 Å². The molecule has 3 rings (SSSR count). The van der Waals surface area contributed by atoms with Crippen LogP contribution in [0.25, 0.3) is 20.7 Å². The average molecular weight is 311 g/mol. The van der Waals surface area contributed by atoms with Crippen molar-refractivity contribution in [1.29, 1.82) is 0 Å². The second kappa shape index (κ2) is 3.84. The minimum absolute atomic E-state index is 0.565. The lowest BCUT2D eigenvalue weighted by Gasteiger charge is -1.92. The molecule has 0 aliphatic heterocycles. The van der Waals surface area contributed by atoms with Crippen LogP contribution in [0.4, 0.5) is 5.82 Å². The molecule has 0 aliphatic carbocycles. The quantitative estimate of drug-likeness (QED) is 0.725. The topological polar surface area (TPSA) is 38.9 Å². The van der Waals surface area contributed by atoms with Crippen molar-refractivity contribution in [3.05, 3.63) is 33.4 Å². The molecule has 2 aromatic heterocycles. The molecule has 0 fully saturated rings. The largest absolute Gasteiger partial charge is 0.382 e. The summed E-state index contributed by atoms with van der Waals surface area (Å²) in [4.78, 5) is 4.36. The van der Waals surface area contributed by atoms with Gasteiger partial charge in [0, 0.05) is 21.0 Å². The van der Waals surface area contributed by atoms with E-state index in [0.717, 1.165) is 8.79 Å². The number of hydrogen-bond acceptors (Lipinski definition) is 4. The number of aromatic nitrogens is 1. The maximum absolute atomic E-state index is 5.75. The first-order valence-electron chi connectivity index (χ1n) is 4.64. The van der Waals surface area contributed by atoms with E-state index in [1.165, 1.54) is 15.6 Å². The minimum atomic E-state index is 0.565. The highest BCUT2D eigenvalue weighted by Crippen LogP contribution is 2.39. The van der Waals surface area contributed by atoms with E-state index < -0.39 is 0 Å². The molecule has 0 atom stereocenters. The molecule has 3 aromatic rings. The minimum Gasteiger partial charge on any atom is -0.382 e. The first kappa shape index (κ1) is 10.3. The van der Waals surface area contributed by atoms with Crippen LogP contribution in [-0.4, -0.2) is 4.98 Å². The van der Waals surface area contributed by atoms with Crippen LogP contribution in [0.3, 0.4) is 0 Å². The van der Waals surface area contributed by atoms with Gasteiger partial charge in [-0.15, -0.1) is 22.7 Å². The first-order valence-corrected chi connectivity index (χ1v) is 7.13. The second-order valence-corrected chi connectivity index (χ2v) is 6.55.